The van der Waals surface area contributed by atoms with Crippen LogP contribution in [0.25, 0.3) is 0 Å². The molecule has 0 aliphatic carbocycles. The third-order valence-corrected chi connectivity index (χ3v) is 4.14. The number of ether oxygens (including phenoxy) is 1. The van der Waals surface area contributed by atoms with E-state index in [9.17, 15) is 9.59 Å². The lowest BCUT2D eigenvalue weighted by atomic mass is 10.1. The number of aliphatic imine (C=N–C) groups is 1. The van der Waals surface area contributed by atoms with Crippen LogP contribution >= 0.6 is 24.0 Å². The summed E-state index contributed by atoms with van der Waals surface area (Å²) in [5.41, 5.74) is -0.523. The number of guanidine groups is 1. The van der Waals surface area contributed by atoms with Crippen molar-refractivity contribution in [2.75, 3.05) is 26.7 Å². The van der Waals surface area contributed by atoms with Crippen molar-refractivity contribution in [1.82, 2.24) is 20.9 Å². The number of piperidine rings is 1. The van der Waals surface area contributed by atoms with Gasteiger partial charge in [0, 0.05) is 32.6 Å². The molecule has 2 amide bonds. The maximum Gasteiger partial charge on any atom is 0.407 e. The number of amides is 2. The first-order valence-corrected chi connectivity index (χ1v) is 9.93. The molecule has 8 nitrogen and oxygen atoms in total. The predicted octanol–water partition coefficient (Wildman–Crippen LogP) is 2.47. The van der Waals surface area contributed by atoms with E-state index in [1.54, 1.807) is 4.90 Å². The zero-order valence-electron chi connectivity index (χ0n) is 18.1. The van der Waals surface area contributed by atoms with Crippen LogP contribution in [-0.2, 0) is 9.53 Å². The first-order chi connectivity index (χ1) is 12.6. The summed E-state index contributed by atoms with van der Waals surface area (Å²) >= 11 is 0. The summed E-state index contributed by atoms with van der Waals surface area (Å²) in [5.74, 6) is 0.886. The number of hydrogen-bond acceptors (Lipinski definition) is 4. The minimum Gasteiger partial charge on any atom is -0.444 e. The van der Waals surface area contributed by atoms with Gasteiger partial charge in [-0.2, -0.15) is 0 Å². The molecule has 1 aliphatic rings. The molecule has 1 rings (SSSR count). The van der Waals surface area contributed by atoms with Crippen molar-refractivity contribution < 1.29 is 14.3 Å². The van der Waals surface area contributed by atoms with E-state index >= 15 is 0 Å². The lowest BCUT2D eigenvalue weighted by molar-refractivity contribution is -0.132. The van der Waals surface area contributed by atoms with Gasteiger partial charge in [0.1, 0.15) is 5.60 Å². The zero-order valence-corrected chi connectivity index (χ0v) is 20.5. The molecule has 2 atom stereocenters. The molecule has 1 saturated heterocycles. The summed E-state index contributed by atoms with van der Waals surface area (Å²) in [6.45, 7) is 11.5. The average molecular weight is 511 g/mol. The summed E-state index contributed by atoms with van der Waals surface area (Å²) < 4.78 is 5.34. The third kappa shape index (κ3) is 10.9. The number of nitrogens with one attached hydrogen (secondary N) is 3. The van der Waals surface area contributed by atoms with Gasteiger partial charge in [0.15, 0.2) is 5.96 Å². The molecule has 2 unspecified atom stereocenters. The fourth-order valence-electron chi connectivity index (χ4n) is 2.88. The van der Waals surface area contributed by atoms with Crippen molar-refractivity contribution in [3.8, 4) is 0 Å². The summed E-state index contributed by atoms with van der Waals surface area (Å²) in [4.78, 5) is 30.1. The van der Waals surface area contributed by atoms with Crippen molar-refractivity contribution in [2.24, 2.45) is 4.99 Å². The third-order valence-electron chi connectivity index (χ3n) is 4.14. The number of hydrogen-bond donors (Lipinski definition) is 3. The van der Waals surface area contributed by atoms with Crippen LogP contribution in [0.5, 0.6) is 0 Å². The number of likely N-dealkylation sites (tertiary alicyclic amines) is 1. The van der Waals surface area contributed by atoms with Crippen molar-refractivity contribution in [3.05, 3.63) is 0 Å². The van der Waals surface area contributed by atoms with Crippen molar-refractivity contribution in [2.45, 2.75) is 78.0 Å². The van der Waals surface area contributed by atoms with E-state index < -0.39 is 11.7 Å². The van der Waals surface area contributed by atoms with E-state index in [0.29, 0.717) is 25.5 Å². The maximum atomic E-state index is 12.0. The van der Waals surface area contributed by atoms with E-state index in [1.165, 1.54) is 0 Å². The van der Waals surface area contributed by atoms with Crippen LogP contribution in [0.2, 0.25) is 0 Å². The van der Waals surface area contributed by atoms with E-state index in [2.05, 4.69) is 27.9 Å². The Hall–Kier alpha value is -1.26. The van der Waals surface area contributed by atoms with Crippen LogP contribution in [0.1, 0.15) is 60.3 Å². The average Bonchev–Trinajstić information content (AvgIpc) is 2.54. The normalized spacial score (nSPS) is 18.8. The molecule has 0 saturated carbocycles. The second-order valence-corrected chi connectivity index (χ2v) is 8.01. The smallest absolute Gasteiger partial charge is 0.407 e. The van der Waals surface area contributed by atoms with Crippen molar-refractivity contribution in [3.63, 3.8) is 0 Å². The maximum absolute atomic E-state index is 12.0. The van der Waals surface area contributed by atoms with Gasteiger partial charge in [-0.05, 0) is 40.5 Å². The molecular weight excluding hydrogens is 473 g/mol. The number of nitrogens with zero attached hydrogens (tertiary/aromatic N) is 2. The Morgan fingerprint density at radius 2 is 2.04 bits per heavy atom. The minimum absolute atomic E-state index is 0. The van der Waals surface area contributed by atoms with Gasteiger partial charge < -0.3 is 25.6 Å². The quantitative estimate of drug-likeness (QED) is 0.278. The molecule has 0 radical (unpaired) electrons. The predicted molar refractivity (Wildman–Crippen MR) is 123 cm³/mol. The minimum atomic E-state index is -0.523. The molecule has 0 aromatic rings. The highest BCUT2D eigenvalue weighted by Crippen LogP contribution is 2.10. The second kappa shape index (κ2) is 13.1. The molecular formula is C19H38IN5O3. The fourth-order valence-corrected chi connectivity index (χ4v) is 2.88. The summed E-state index contributed by atoms with van der Waals surface area (Å²) in [6.07, 6.45) is 2.69. The largest absolute Gasteiger partial charge is 0.444 e. The lowest BCUT2D eigenvalue weighted by Gasteiger charge is -2.31. The number of likely N-dealkylation sites (N-methyl/N-ethyl adjacent to an activating group) is 1. The van der Waals surface area contributed by atoms with Crippen molar-refractivity contribution >= 4 is 41.9 Å². The van der Waals surface area contributed by atoms with Gasteiger partial charge >= 0.3 is 6.09 Å². The summed E-state index contributed by atoms with van der Waals surface area (Å²) in [7, 11) is 1.82. The van der Waals surface area contributed by atoms with E-state index in [1.807, 2.05) is 34.7 Å². The number of halogens is 1. The van der Waals surface area contributed by atoms with Crippen LogP contribution in [0.4, 0.5) is 4.79 Å². The van der Waals surface area contributed by atoms with E-state index in [4.69, 9.17) is 4.74 Å². The number of rotatable bonds is 7. The highest BCUT2D eigenvalue weighted by atomic mass is 127. The van der Waals surface area contributed by atoms with Gasteiger partial charge in [0.25, 0.3) is 0 Å². The number of alkyl carbamates (subject to hydrolysis) is 1. The molecule has 1 aliphatic heterocycles. The van der Waals surface area contributed by atoms with Crippen LogP contribution in [-0.4, -0.2) is 67.2 Å². The topological polar surface area (TPSA) is 95.1 Å². The molecule has 0 aromatic carbocycles. The van der Waals surface area contributed by atoms with E-state index in [0.717, 1.165) is 25.8 Å². The number of carbonyl (C=O) groups excluding carboxylic acids is 2. The Kier molecular flexibility index (Phi) is 12.5. The SMILES string of the molecule is CCCC(CN=C(NCC)NC1CCC(=O)N(C)C1)NC(=O)OC(C)(C)C.I. The highest BCUT2D eigenvalue weighted by molar-refractivity contribution is 14.0. The first-order valence-electron chi connectivity index (χ1n) is 9.93. The Morgan fingerprint density at radius 1 is 1.36 bits per heavy atom. The first kappa shape index (κ1) is 26.7. The number of carbonyl (C=O) groups is 2. The molecule has 28 heavy (non-hydrogen) atoms. The molecule has 164 valence electrons. The Labute approximate surface area is 186 Å². The highest BCUT2D eigenvalue weighted by Gasteiger charge is 2.24. The van der Waals surface area contributed by atoms with Crippen LogP contribution in [0.3, 0.4) is 0 Å². The fraction of sp³-hybridized carbons (Fsp3) is 0.842. The van der Waals surface area contributed by atoms with Gasteiger partial charge in [0.05, 0.1) is 12.6 Å². The zero-order chi connectivity index (χ0) is 20.4. The Balaban J connectivity index is 0.00000729. The molecule has 0 aromatic heterocycles. The monoisotopic (exact) mass is 511 g/mol. The van der Waals surface area contributed by atoms with Crippen molar-refractivity contribution in [1.29, 1.82) is 0 Å². The summed E-state index contributed by atoms with van der Waals surface area (Å²) in [6, 6.07) is 0.0878. The molecule has 1 heterocycles. The molecule has 9 heteroatoms. The Morgan fingerprint density at radius 3 is 2.57 bits per heavy atom. The lowest BCUT2D eigenvalue weighted by Crippen LogP contribution is -2.52. The van der Waals surface area contributed by atoms with Crippen LogP contribution in [0, 0.1) is 0 Å². The van der Waals surface area contributed by atoms with E-state index in [-0.39, 0.29) is 42.0 Å². The van der Waals surface area contributed by atoms with Gasteiger partial charge in [0.2, 0.25) is 5.91 Å². The molecule has 1 fully saturated rings. The molecule has 3 N–H and O–H groups in total. The van der Waals surface area contributed by atoms with Gasteiger partial charge in [-0.15, -0.1) is 24.0 Å². The molecule has 0 bridgehead atoms. The summed E-state index contributed by atoms with van der Waals surface area (Å²) in [5, 5.41) is 9.55. The van der Waals surface area contributed by atoms with Crippen LogP contribution < -0.4 is 16.0 Å². The second-order valence-electron chi connectivity index (χ2n) is 8.01. The Bertz CT molecular complexity index is 522. The van der Waals surface area contributed by atoms with Gasteiger partial charge in [-0.3, -0.25) is 9.79 Å². The molecule has 0 spiro atoms. The standard InChI is InChI=1S/C19H37N5O3.HI/c1-7-9-14(23-18(26)27-19(3,4)5)12-21-17(20-8-2)22-15-10-11-16(25)24(6)13-15;/h14-15H,7-13H2,1-6H3,(H,23,26)(H2,20,21,22);1H. The van der Waals surface area contributed by atoms with Gasteiger partial charge in [-0.1, -0.05) is 13.3 Å². The van der Waals surface area contributed by atoms with Crippen LogP contribution in [0.15, 0.2) is 4.99 Å². The van der Waals surface area contributed by atoms with Gasteiger partial charge in [-0.25, -0.2) is 4.79 Å².